The third-order valence-corrected chi connectivity index (χ3v) is 15.0. The number of ether oxygens (including phenoxy) is 8. The van der Waals surface area contributed by atoms with Crippen molar-refractivity contribution < 1.29 is 48.1 Å². The third kappa shape index (κ3) is 7.75. The average molecular weight is 779 g/mol. The van der Waals surface area contributed by atoms with Crippen LogP contribution in [0.1, 0.15) is 103 Å². The highest BCUT2D eigenvalue weighted by Crippen LogP contribution is 2.54. The first-order valence-electron chi connectivity index (χ1n) is 22.1. The van der Waals surface area contributed by atoms with E-state index in [-0.39, 0.29) is 104 Å². The predicted molar refractivity (Wildman–Crippen MR) is 209 cm³/mol. The summed E-state index contributed by atoms with van der Waals surface area (Å²) in [5.41, 5.74) is 3.59. The van der Waals surface area contributed by atoms with E-state index in [9.17, 15) is 10.2 Å². The van der Waals surface area contributed by atoms with Crippen molar-refractivity contribution in [2.45, 2.75) is 202 Å². The lowest BCUT2D eigenvalue weighted by Gasteiger charge is -2.47. The second-order valence-corrected chi connectivity index (χ2v) is 18.7. The van der Waals surface area contributed by atoms with Gasteiger partial charge in [-0.3, -0.25) is 0 Å². The lowest BCUT2D eigenvalue weighted by Crippen LogP contribution is -2.61. The number of hydrogen-bond donors (Lipinski definition) is 2. The summed E-state index contributed by atoms with van der Waals surface area (Å²) in [5, 5.41) is 19.9. The average Bonchev–Trinajstić information content (AvgIpc) is 3.87. The minimum absolute atomic E-state index is 0.00101. The van der Waals surface area contributed by atoms with E-state index in [0.717, 1.165) is 88.2 Å². The van der Waals surface area contributed by atoms with Crippen LogP contribution in [0.15, 0.2) is 54.6 Å². The van der Waals surface area contributed by atoms with Crippen LogP contribution in [0.3, 0.4) is 0 Å². The topological polar surface area (TPSA) is 114 Å². The Balaban J connectivity index is 0.794. The predicted octanol–water partition coefficient (Wildman–Crippen LogP) is 6.38. The van der Waals surface area contributed by atoms with Crippen LogP contribution in [0.25, 0.3) is 0 Å². The van der Waals surface area contributed by atoms with Crippen LogP contribution in [0, 0.1) is 17.8 Å². The Morgan fingerprint density at radius 1 is 0.786 bits per heavy atom. The maximum atomic E-state index is 10.3. The highest BCUT2D eigenvalue weighted by Gasteiger charge is 2.68. The molecule has 0 amide bonds. The molecule has 6 bridgehead atoms. The van der Waals surface area contributed by atoms with Crippen LogP contribution in [0.5, 0.6) is 0 Å². The zero-order chi connectivity index (χ0) is 38.7. The zero-order valence-electron chi connectivity index (χ0n) is 33.8. The zero-order valence-corrected chi connectivity index (χ0v) is 33.8. The fourth-order valence-electron chi connectivity index (χ4n) is 11.7. The Labute approximate surface area is 333 Å². The fourth-order valence-corrected chi connectivity index (χ4v) is 11.7. The molecule has 0 aromatic heterocycles. The number of fused-ring (bicyclic) bond motifs is 1. The van der Waals surface area contributed by atoms with E-state index >= 15 is 0 Å². The molecule has 10 rings (SSSR count). The van der Waals surface area contributed by atoms with Crippen molar-refractivity contribution >= 4 is 0 Å². The number of benzene rings is 1. The molecule has 3 unspecified atom stereocenters. The first-order chi connectivity index (χ1) is 27.1. The van der Waals surface area contributed by atoms with Gasteiger partial charge in [0, 0.05) is 25.7 Å². The molecule has 9 fully saturated rings. The van der Waals surface area contributed by atoms with Gasteiger partial charge in [-0.15, -0.1) is 0 Å². The lowest BCUT2D eigenvalue weighted by atomic mass is 9.79. The van der Waals surface area contributed by atoms with Gasteiger partial charge in [0.1, 0.15) is 30.5 Å². The van der Waals surface area contributed by atoms with Crippen molar-refractivity contribution in [3.63, 3.8) is 0 Å². The van der Waals surface area contributed by atoms with Crippen molar-refractivity contribution in [3.8, 4) is 0 Å². The molecule has 10 heteroatoms. The minimum atomic E-state index is -0.785. The van der Waals surface area contributed by atoms with Crippen LogP contribution in [-0.4, -0.2) is 114 Å². The highest BCUT2D eigenvalue weighted by molar-refractivity contribution is 5.18. The molecule has 9 aliphatic heterocycles. The number of hydrogen-bond acceptors (Lipinski definition) is 10. The number of aliphatic hydroxyl groups is 2. The molecule has 19 atom stereocenters. The molecule has 0 aliphatic carbocycles. The first-order valence-corrected chi connectivity index (χ1v) is 22.1. The summed E-state index contributed by atoms with van der Waals surface area (Å²) < 4.78 is 53.8. The molecule has 0 radical (unpaired) electrons. The molecule has 9 heterocycles. The van der Waals surface area contributed by atoms with Gasteiger partial charge < -0.3 is 48.1 Å². The van der Waals surface area contributed by atoms with Gasteiger partial charge in [0.25, 0.3) is 0 Å². The summed E-state index contributed by atoms with van der Waals surface area (Å²) >= 11 is 0. The summed E-state index contributed by atoms with van der Waals surface area (Å²) in [5.74, 6) is 0.150. The molecule has 0 saturated carbocycles. The molecule has 9 saturated heterocycles. The highest BCUT2D eigenvalue weighted by atomic mass is 16.8. The van der Waals surface area contributed by atoms with Gasteiger partial charge in [0.2, 0.25) is 0 Å². The minimum Gasteiger partial charge on any atom is -0.394 e. The third-order valence-electron chi connectivity index (χ3n) is 15.0. The van der Waals surface area contributed by atoms with Gasteiger partial charge in [0.05, 0.1) is 67.6 Å². The van der Waals surface area contributed by atoms with Crippen LogP contribution in [0.2, 0.25) is 0 Å². The lowest BCUT2D eigenvalue weighted by molar-refractivity contribution is -0.292. The van der Waals surface area contributed by atoms with Crippen LogP contribution >= 0.6 is 0 Å². The normalized spacial score (nSPS) is 47.3. The van der Waals surface area contributed by atoms with E-state index in [1.165, 1.54) is 5.56 Å². The SMILES string of the molecule is C=C1C[C@H](CC[C@@]23CC4O[C@H]5[C@@H](O2)[C@H]2O[C@@H](CC)CC[C@@H]2O[C@H]5[C@H]4O3)OC1CC[C@H]1C[C@@H](C)C(=C)C(C[C@@H]2O[C@H](C[C@H](O)CO)[C@H](C)[C@H]2Cc2ccccc2)O1. The van der Waals surface area contributed by atoms with Gasteiger partial charge in [-0.1, -0.05) is 64.3 Å². The molecule has 1 aromatic rings. The summed E-state index contributed by atoms with van der Waals surface area (Å²) in [7, 11) is 0. The maximum absolute atomic E-state index is 10.3. The molecule has 9 aliphatic rings. The van der Waals surface area contributed by atoms with E-state index in [1.54, 1.807) is 0 Å². The Kier molecular flexibility index (Phi) is 11.6. The van der Waals surface area contributed by atoms with E-state index < -0.39 is 11.9 Å². The van der Waals surface area contributed by atoms with Gasteiger partial charge in [0.15, 0.2) is 5.79 Å². The van der Waals surface area contributed by atoms with E-state index in [0.29, 0.717) is 12.3 Å². The molecular weight excluding hydrogens is 712 g/mol. The monoisotopic (exact) mass is 778 g/mol. The summed E-state index contributed by atoms with van der Waals surface area (Å²) in [6.45, 7) is 15.4. The van der Waals surface area contributed by atoms with Crippen molar-refractivity contribution in [1.82, 2.24) is 0 Å². The van der Waals surface area contributed by atoms with E-state index in [1.807, 2.05) is 6.07 Å². The van der Waals surface area contributed by atoms with E-state index in [4.69, 9.17) is 37.9 Å². The Morgan fingerprint density at radius 3 is 2.36 bits per heavy atom. The number of aliphatic hydroxyl groups excluding tert-OH is 2. The molecule has 1 aromatic carbocycles. The Bertz CT molecular complexity index is 1540. The van der Waals surface area contributed by atoms with Crippen molar-refractivity contribution in [2.75, 3.05) is 6.61 Å². The molecule has 56 heavy (non-hydrogen) atoms. The van der Waals surface area contributed by atoms with Gasteiger partial charge >= 0.3 is 0 Å². The molecule has 310 valence electrons. The Hall–Kier alpha value is -1.70. The fraction of sp³-hybridized carbons (Fsp3) is 0.783. The summed E-state index contributed by atoms with van der Waals surface area (Å²) in [6, 6.07) is 10.6. The molecular formula is C46H66O10. The van der Waals surface area contributed by atoms with Crippen LogP contribution in [-0.2, 0) is 44.3 Å². The van der Waals surface area contributed by atoms with Crippen LogP contribution < -0.4 is 0 Å². The Morgan fingerprint density at radius 2 is 1.55 bits per heavy atom. The van der Waals surface area contributed by atoms with E-state index in [2.05, 4.69) is 58.2 Å². The quantitative estimate of drug-likeness (QED) is 0.206. The standard InChI is InChI=1S/C46H66O10/c1-6-31-12-15-36-41(51-31)45-44-43(53-36)42-40(54-44)23-46(55-42,56-45)17-16-33-19-26(3)35(49-33)14-13-32-18-25(2)27(4)38(50-32)22-39-34(20-29-10-8-7-9-11-29)28(5)37(52-39)21-30(48)24-47/h7-11,25,28,30-45,47-48H,3-4,6,12-24H2,1-2,5H3/t25-,28-,30+,31+,32+,33+,34-,35?,36+,37-,38?,39+,40?,41+,42+,43+,44-,45+,46+/m1/s1. The largest absolute Gasteiger partial charge is 0.394 e. The molecule has 10 nitrogen and oxygen atoms in total. The number of rotatable bonds is 14. The van der Waals surface area contributed by atoms with Gasteiger partial charge in [-0.05, 0) is 92.3 Å². The maximum Gasteiger partial charge on any atom is 0.172 e. The second-order valence-electron chi connectivity index (χ2n) is 18.7. The van der Waals surface area contributed by atoms with Crippen LogP contribution in [0.4, 0.5) is 0 Å². The second kappa shape index (κ2) is 16.4. The van der Waals surface area contributed by atoms with Gasteiger partial charge in [-0.25, -0.2) is 0 Å². The summed E-state index contributed by atoms with van der Waals surface area (Å²) in [4.78, 5) is 0. The first kappa shape index (κ1) is 39.7. The smallest absolute Gasteiger partial charge is 0.172 e. The summed E-state index contributed by atoms with van der Waals surface area (Å²) in [6.07, 6.45) is 9.80. The molecule has 0 spiro atoms. The molecule has 2 N–H and O–H groups in total. The van der Waals surface area contributed by atoms with Crippen molar-refractivity contribution in [2.24, 2.45) is 17.8 Å². The van der Waals surface area contributed by atoms with Gasteiger partial charge in [-0.2, -0.15) is 0 Å². The van der Waals surface area contributed by atoms with Crippen molar-refractivity contribution in [3.05, 3.63) is 60.2 Å². The van der Waals surface area contributed by atoms with Crippen molar-refractivity contribution in [1.29, 1.82) is 0 Å².